The van der Waals surface area contributed by atoms with Crippen molar-refractivity contribution >= 4 is 32.1 Å². The number of anilines is 1. The SMILES string of the molecule is COCC(C)(C)OCCC(C)(C)NS(=O)(=O)/C(C#N)=C(\C)c1ccc2cc(N3CCCCC3)ccc2c1. The minimum atomic E-state index is -4.05. The minimum absolute atomic E-state index is 0.273. The fourth-order valence-corrected chi connectivity index (χ4v) is 6.30. The molecule has 0 aromatic heterocycles. The second-order valence-electron chi connectivity index (χ2n) is 11.1. The van der Waals surface area contributed by atoms with E-state index in [1.165, 1.54) is 24.9 Å². The Morgan fingerprint density at radius 2 is 1.70 bits per heavy atom. The molecule has 7 nitrogen and oxygen atoms in total. The van der Waals surface area contributed by atoms with Crippen molar-refractivity contribution < 1.29 is 17.9 Å². The highest BCUT2D eigenvalue weighted by molar-refractivity contribution is 7.94. The third-order valence-corrected chi connectivity index (χ3v) is 8.57. The number of nitrogens with zero attached hydrogens (tertiary/aromatic N) is 2. The second kappa shape index (κ2) is 12.0. The number of methoxy groups -OCH3 is 1. The molecule has 2 aromatic carbocycles. The molecule has 0 saturated carbocycles. The number of sulfonamides is 1. The fourth-order valence-electron chi connectivity index (χ4n) is 4.73. The molecule has 0 radical (unpaired) electrons. The Bertz CT molecular complexity index is 1270. The number of hydrogen-bond donors (Lipinski definition) is 1. The monoisotopic (exact) mass is 527 g/mol. The van der Waals surface area contributed by atoms with Gasteiger partial charge in [-0.3, -0.25) is 0 Å². The van der Waals surface area contributed by atoms with Crippen LogP contribution in [0.1, 0.15) is 65.9 Å². The Morgan fingerprint density at radius 3 is 2.35 bits per heavy atom. The number of allylic oxidation sites excluding steroid dienone is 2. The van der Waals surface area contributed by atoms with Crippen LogP contribution in [0.25, 0.3) is 16.3 Å². The van der Waals surface area contributed by atoms with Gasteiger partial charge >= 0.3 is 0 Å². The number of benzene rings is 2. The zero-order valence-corrected chi connectivity index (χ0v) is 23.9. The van der Waals surface area contributed by atoms with E-state index < -0.39 is 21.2 Å². The van der Waals surface area contributed by atoms with Crippen molar-refractivity contribution in [3.63, 3.8) is 0 Å². The van der Waals surface area contributed by atoms with Crippen molar-refractivity contribution in [2.24, 2.45) is 0 Å². The summed E-state index contributed by atoms with van der Waals surface area (Å²) >= 11 is 0. The van der Waals surface area contributed by atoms with E-state index in [0.29, 0.717) is 30.8 Å². The van der Waals surface area contributed by atoms with Crippen LogP contribution in [0, 0.1) is 11.3 Å². The normalized spacial score (nSPS) is 16.0. The molecule has 1 aliphatic heterocycles. The molecule has 8 heteroatoms. The highest BCUT2D eigenvalue weighted by Crippen LogP contribution is 2.29. The van der Waals surface area contributed by atoms with Gasteiger partial charge in [-0.25, -0.2) is 13.1 Å². The van der Waals surface area contributed by atoms with Gasteiger partial charge in [0.15, 0.2) is 4.91 Å². The average Bonchev–Trinajstić information content (AvgIpc) is 2.83. The zero-order chi connectivity index (χ0) is 27.3. The van der Waals surface area contributed by atoms with E-state index in [4.69, 9.17) is 9.47 Å². The molecular formula is C29H41N3O4S. The van der Waals surface area contributed by atoms with Crippen molar-refractivity contribution in [2.75, 3.05) is 38.3 Å². The third kappa shape index (κ3) is 7.78. The van der Waals surface area contributed by atoms with Crippen LogP contribution in [0.5, 0.6) is 0 Å². The summed E-state index contributed by atoms with van der Waals surface area (Å²) in [5, 5.41) is 12.0. The van der Waals surface area contributed by atoms with Gasteiger partial charge in [0.2, 0.25) is 0 Å². The van der Waals surface area contributed by atoms with E-state index in [0.717, 1.165) is 23.9 Å². The molecule has 0 spiro atoms. The van der Waals surface area contributed by atoms with Crippen molar-refractivity contribution in [1.82, 2.24) is 4.72 Å². The van der Waals surface area contributed by atoms with Gasteiger partial charge in [-0.05, 0) is 100 Å². The van der Waals surface area contributed by atoms with Crippen LogP contribution in [0.2, 0.25) is 0 Å². The lowest BCUT2D eigenvalue weighted by molar-refractivity contribution is -0.0686. The molecule has 2 aromatic rings. The molecule has 0 atom stereocenters. The number of hydrogen-bond acceptors (Lipinski definition) is 6. The number of piperidine rings is 1. The van der Waals surface area contributed by atoms with Gasteiger partial charge in [0.05, 0.1) is 12.2 Å². The van der Waals surface area contributed by atoms with Crippen LogP contribution < -0.4 is 9.62 Å². The molecule has 37 heavy (non-hydrogen) atoms. The summed E-state index contributed by atoms with van der Waals surface area (Å²) < 4.78 is 40.3. The fraction of sp³-hybridized carbons (Fsp3) is 0.552. The van der Waals surface area contributed by atoms with Gasteiger partial charge in [-0.15, -0.1) is 0 Å². The van der Waals surface area contributed by atoms with Crippen LogP contribution in [0.3, 0.4) is 0 Å². The number of ether oxygens (including phenoxy) is 2. The van der Waals surface area contributed by atoms with Crippen LogP contribution in [0.4, 0.5) is 5.69 Å². The standard InChI is InChI=1S/C29H41N3O4S/c1-22(23-10-11-25-19-26(13-12-24(25)18-23)32-15-8-7-9-16-32)27(20-30)37(33,34)31-28(2,3)14-17-36-29(4,5)21-35-6/h10-13,18-19,31H,7-9,14-17,21H2,1-6H3/b27-22+. The first kappa shape index (κ1) is 29.1. The highest BCUT2D eigenvalue weighted by Gasteiger charge is 2.30. The predicted molar refractivity (Wildman–Crippen MR) is 151 cm³/mol. The van der Waals surface area contributed by atoms with E-state index in [-0.39, 0.29) is 4.91 Å². The Labute approximate surface area is 222 Å². The molecule has 0 unspecified atom stereocenters. The topological polar surface area (TPSA) is 91.7 Å². The lowest BCUT2D eigenvalue weighted by atomic mass is 10.0. The van der Waals surface area contributed by atoms with Crippen LogP contribution in [-0.2, 0) is 19.5 Å². The van der Waals surface area contributed by atoms with Crippen molar-refractivity contribution in [3.8, 4) is 6.07 Å². The molecule has 0 aliphatic carbocycles. The zero-order valence-electron chi connectivity index (χ0n) is 23.1. The Hall–Kier alpha value is -2.44. The van der Waals surface area contributed by atoms with E-state index in [9.17, 15) is 13.7 Å². The van der Waals surface area contributed by atoms with Gasteiger partial charge in [0.25, 0.3) is 10.0 Å². The molecule has 0 amide bonds. The van der Waals surface area contributed by atoms with Crippen LogP contribution in [0.15, 0.2) is 41.3 Å². The predicted octanol–water partition coefficient (Wildman–Crippen LogP) is 5.61. The molecule has 0 bridgehead atoms. The largest absolute Gasteiger partial charge is 0.382 e. The summed E-state index contributed by atoms with van der Waals surface area (Å²) in [4.78, 5) is 2.14. The molecule has 1 N–H and O–H groups in total. The quantitative estimate of drug-likeness (QED) is 0.382. The first-order valence-corrected chi connectivity index (χ1v) is 14.4. The Morgan fingerprint density at radius 1 is 1.05 bits per heavy atom. The molecule has 1 saturated heterocycles. The van der Waals surface area contributed by atoms with E-state index in [1.54, 1.807) is 27.9 Å². The highest BCUT2D eigenvalue weighted by atomic mass is 32.2. The first-order chi connectivity index (χ1) is 17.4. The van der Waals surface area contributed by atoms with Crippen molar-refractivity contribution in [2.45, 2.75) is 71.4 Å². The maximum Gasteiger partial charge on any atom is 0.251 e. The summed E-state index contributed by atoms with van der Waals surface area (Å²) in [7, 11) is -2.43. The third-order valence-electron chi connectivity index (χ3n) is 6.81. The van der Waals surface area contributed by atoms with Gasteiger partial charge in [-0.2, -0.15) is 5.26 Å². The van der Waals surface area contributed by atoms with Gasteiger partial charge < -0.3 is 14.4 Å². The van der Waals surface area contributed by atoms with Crippen molar-refractivity contribution in [1.29, 1.82) is 5.26 Å². The van der Waals surface area contributed by atoms with E-state index in [1.807, 2.05) is 38.1 Å². The molecule has 3 rings (SSSR count). The smallest absolute Gasteiger partial charge is 0.251 e. The number of fused-ring (bicyclic) bond motifs is 1. The van der Waals surface area contributed by atoms with Gasteiger partial charge in [-0.1, -0.05) is 18.2 Å². The Balaban J connectivity index is 1.79. The maximum atomic E-state index is 13.3. The molecule has 202 valence electrons. The van der Waals surface area contributed by atoms with E-state index >= 15 is 0 Å². The molecule has 1 aliphatic rings. The summed E-state index contributed by atoms with van der Waals surface area (Å²) in [5.41, 5.74) is 1.07. The summed E-state index contributed by atoms with van der Waals surface area (Å²) in [6.45, 7) is 12.0. The lowest BCUT2D eigenvalue weighted by Crippen LogP contribution is -2.45. The lowest BCUT2D eigenvalue weighted by Gasteiger charge is -2.29. The number of nitriles is 1. The first-order valence-electron chi connectivity index (χ1n) is 12.9. The minimum Gasteiger partial charge on any atom is -0.382 e. The summed E-state index contributed by atoms with van der Waals surface area (Å²) in [6, 6.07) is 14.2. The Kier molecular flexibility index (Phi) is 9.41. The molecule has 1 fully saturated rings. The maximum absolute atomic E-state index is 13.3. The molecule has 1 heterocycles. The summed E-state index contributed by atoms with van der Waals surface area (Å²) in [6.07, 6.45) is 4.16. The number of rotatable bonds is 11. The molecular weight excluding hydrogens is 486 g/mol. The van der Waals surface area contributed by atoms with Crippen molar-refractivity contribution in [3.05, 3.63) is 46.9 Å². The van der Waals surface area contributed by atoms with Crippen LogP contribution >= 0.6 is 0 Å². The van der Waals surface area contributed by atoms with Gasteiger partial charge in [0, 0.05) is 38.0 Å². The van der Waals surface area contributed by atoms with E-state index in [2.05, 4.69) is 27.8 Å². The number of nitrogens with one attached hydrogen (secondary N) is 1. The summed E-state index contributed by atoms with van der Waals surface area (Å²) in [5.74, 6) is 0. The van der Waals surface area contributed by atoms with Crippen LogP contribution in [-0.4, -0.2) is 53.0 Å². The van der Waals surface area contributed by atoms with Gasteiger partial charge in [0.1, 0.15) is 6.07 Å². The average molecular weight is 528 g/mol. The second-order valence-corrected chi connectivity index (χ2v) is 12.8.